The lowest BCUT2D eigenvalue weighted by atomic mass is 9.98. The van der Waals surface area contributed by atoms with Crippen LogP contribution >= 0.6 is 0 Å². The Morgan fingerprint density at radius 3 is 1.67 bits per heavy atom. The van der Waals surface area contributed by atoms with Crippen LogP contribution < -0.4 is 0 Å². The van der Waals surface area contributed by atoms with Crippen molar-refractivity contribution in [1.82, 2.24) is 0 Å². The summed E-state index contributed by atoms with van der Waals surface area (Å²) in [5, 5.41) is 0. The van der Waals surface area contributed by atoms with Crippen molar-refractivity contribution in [1.29, 1.82) is 0 Å². The van der Waals surface area contributed by atoms with E-state index in [1.54, 1.807) is 42.5 Å². The number of carbonyl (C=O) groups excluding carboxylic acids is 3. The fourth-order valence-electron chi connectivity index (χ4n) is 3.09. The van der Waals surface area contributed by atoms with Gasteiger partial charge in [-0.3, -0.25) is 14.4 Å². The zero-order valence-electron chi connectivity index (χ0n) is 11.1. The van der Waals surface area contributed by atoms with E-state index in [-0.39, 0.29) is 29.3 Å². The molecule has 0 aromatic heterocycles. The third-order valence-corrected chi connectivity index (χ3v) is 4.06. The molecule has 2 aliphatic rings. The molecule has 0 saturated carbocycles. The minimum atomic E-state index is -0.268. The largest absolute Gasteiger partial charge is 0.294 e. The molecule has 0 spiro atoms. The molecule has 21 heavy (non-hydrogen) atoms. The van der Waals surface area contributed by atoms with Crippen LogP contribution in [0.1, 0.15) is 43.1 Å². The highest BCUT2D eigenvalue weighted by molar-refractivity contribution is 6.43. The van der Waals surface area contributed by atoms with E-state index in [2.05, 4.69) is 0 Å². The van der Waals surface area contributed by atoms with Gasteiger partial charge in [0.2, 0.25) is 0 Å². The quantitative estimate of drug-likeness (QED) is 0.548. The number of carbonyl (C=O) groups is 3. The van der Waals surface area contributed by atoms with Crippen molar-refractivity contribution in [2.24, 2.45) is 0 Å². The Balaban J connectivity index is 1.99. The highest BCUT2D eigenvalue weighted by Crippen LogP contribution is 2.39. The topological polar surface area (TPSA) is 51.2 Å². The molecule has 0 unspecified atom stereocenters. The van der Waals surface area contributed by atoms with E-state index in [0.717, 1.165) is 0 Å². The molecule has 0 saturated heterocycles. The highest BCUT2D eigenvalue weighted by atomic mass is 16.2. The lowest BCUT2D eigenvalue weighted by molar-refractivity contribution is 0.0989. The molecule has 100 valence electrons. The van der Waals surface area contributed by atoms with E-state index < -0.39 is 0 Å². The summed E-state index contributed by atoms with van der Waals surface area (Å²) in [6.45, 7) is 0. The molecule has 0 heterocycles. The molecule has 3 nitrogen and oxygen atoms in total. The Morgan fingerprint density at radius 1 is 0.619 bits per heavy atom. The lowest BCUT2D eigenvalue weighted by Crippen LogP contribution is -2.04. The van der Waals surface area contributed by atoms with Crippen LogP contribution in [0.15, 0.2) is 54.1 Å². The first-order chi connectivity index (χ1) is 10.2. The van der Waals surface area contributed by atoms with Gasteiger partial charge in [-0.1, -0.05) is 48.5 Å². The van der Waals surface area contributed by atoms with Crippen molar-refractivity contribution >= 4 is 22.9 Å². The summed E-state index contributed by atoms with van der Waals surface area (Å²) in [5.74, 6) is -0.574. The summed E-state index contributed by atoms with van der Waals surface area (Å²) in [6.07, 6.45) is 0.125. The maximum atomic E-state index is 12.5. The van der Waals surface area contributed by atoms with E-state index in [4.69, 9.17) is 0 Å². The monoisotopic (exact) mass is 274 g/mol. The molecule has 0 amide bonds. The molecular formula is C18H10O3. The molecule has 0 bridgehead atoms. The number of hydrogen-bond acceptors (Lipinski definition) is 3. The van der Waals surface area contributed by atoms with Crippen molar-refractivity contribution in [3.8, 4) is 0 Å². The number of benzene rings is 2. The van der Waals surface area contributed by atoms with Gasteiger partial charge in [0.1, 0.15) is 0 Å². The van der Waals surface area contributed by atoms with Gasteiger partial charge in [0.25, 0.3) is 0 Å². The van der Waals surface area contributed by atoms with Gasteiger partial charge in [-0.2, -0.15) is 0 Å². The molecule has 4 rings (SSSR count). The first-order valence-corrected chi connectivity index (χ1v) is 6.72. The first kappa shape index (κ1) is 12.0. The maximum absolute atomic E-state index is 12.5. The number of fused-ring (bicyclic) bond motifs is 2. The van der Waals surface area contributed by atoms with Gasteiger partial charge < -0.3 is 0 Å². The van der Waals surface area contributed by atoms with E-state index in [1.807, 2.05) is 6.07 Å². The van der Waals surface area contributed by atoms with Gasteiger partial charge in [-0.15, -0.1) is 0 Å². The van der Waals surface area contributed by atoms with Gasteiger partial charge >= 0.3 is 0 Å². The number of Topliss-reactive ketones (excluding diaryl/α,β-unsaturated/α-hetero) is 3. The van der Waals surface area contributed by atoms with Gasteiger partial charge in [-0.25, -0.2) is 0 Å². The molecule has 0 aliphatic heterocycles. The average molecular weight is 274 g/mol. The fraction of sp³-hybridized carbons (Fsp3) is 0.0556. The van der Waals surface area contributed by atoms with Crippen LogP contribution in [0.25, 0.3) is 5.57 Å². The number of rotatable bonds is 0. The van der Waals surface area contributed by atoms with Crippen LogP contribution in [0.2, 0.25) is 0 Å². The molecular weight excluding hydrogens is 264 g/mol. The van der Waals surface area contributed by atoms with E-state index in [9.17, 15) is 14.4 Å². The first-order valence-electron chi connectivity index (χ1n) is 6.72. The van der Waals surface area contributed by atoms with Gasteiger partial charge in [0, 0.05) is 23.1 Å². The second-order valence-electron chi connectivity index (χ2n) is 5.20. The lowest BCUT2D eigenvalue weighted by Gasteiger charge is -2.02. The number of ketones is 3. The van der Waals surface area contributed by atoms with Crippen molar-refractivity contribution < 1.29 is 14.4 Å². The zero-order valence-corrected chi connectivity index (χ0v) is 11.1. The van der Waals surface area contributed by atoms with Crippen molar-refractivity contribution in [3.63, 3.8) is 0 Å². The SMILES string of the molecule is O=C1CC(=C2C(=O)c3ccccc3C2=O)c2ccccc21. The predicted octanol–water partition coefficient (Wildman–Crippen LogP) is 3.11. The van der Waals surface area contributed by atoms with Crippen molar-refractivity contribution in [3.05, 3.63) is 76.4 Å². The molecule has 0 N–H and O–H groups in total. The Morgan fingerprint density at radius 2 is 1.10 bits per heavy atom. The molecule has 2 aromatic rings. The fourth-order valence-corrected chi connectivity index (χ4v) is 3.09. The molecule has 2 aromatic carbocycles. The summed E-state index contributed by atoms with van der Waals surface area (Å²) in [6, 6.07) is 13.9. The number of hydrogen-bond donors (Lipinski definition) is 0. The van der Waals surface area contributed by atoms with Crippen molar-refractivity contribution in [2.45, 2.75) is 6.42 Å². The summed E-state index contributed by atoms with van der Waals surface area (Å²) in [4.78, 5) is 37.1. The maximum Gasteiger partial charge on any atom is 0.198 e. The molecule has 3 heteroatoms. The Kier molecular flexibility index (Phi) is 2.33. The Bertz CT molecular complexity index is 835. The number of allylic oxidation sites excluding steroid dienone is 2. The summed E-state index contributed by atoms with van der Waals surface area (Å²) in [5.41, 5.74) is 2.91. The predicted molar refractivity (Wildman–Crippen MR) is 77.4 cm³/mol. The molecule has 0 fully saturated rings. The Labute approximate surface area is 120 Å². The van der Waals surface area contributed by atoms with Crippen LogP contribution in [0.4, 0.5) is 0 Å². The van der Waals surface area contributed by atoms with Crippen molar-refractivity contribution in [2.75, 3.05) is 0 Å². The Hall–Kier alpha value is -2.81. The summed E-state index contributed by atoms with van der Waals surface area (Å²) >= 11 is 0. The zero-order chi connectivity index (χ0) is 14.6. The van der Waals surface area contributed by atoms with Gasteiger partial charge in [0.05, 0.1) is 5.57 Å². The molecule has 0 radical (unpaired) electrons. The smallest absolute Gasteiger partial charge is 0.198 e. The van der Waals surface area contributed by atoms with Gasteiger partial charge in [-0.05, 0) is 11.1 Å². The van der Waals surface area contributed by atoms with E-state index >= 15 is 0 Å². The highest BCUT2D eigenvalue weighted by Gasteiger charge is 2.38. The van der Waals surface area contributed by atoms with Crippen LogP contribution in [0.5, 0.6) is 0 Å². The third kappa shape index (κ3) is 1.51. The van der Waals surface area contributed by atoms with Crippen LogP contribution in [0.3, 0.4) is 0 Å². The van der Waals surface area contributed by atoms with Crippen LogP contribution in [0, 0.1) is 0 Å². The second kappa shape index (κ2) is 4.09. The van der Waals surface area contributed by atoms with Gasteiger partial charge in [0.15, 0.2) is 17.3 Å². The van der Waals surface area contributed by atoms with E-state index in [0.29, 0.717) is 27.8 Å². The van der Waals surface area contributed by atoms with E-state index in [1.165, 1.54) is 0 Å². The minimum absolute atomic E-state index is 0.0374. The minimum Gasteiger partial charge on any atom is -0.294 e. The normalized spacial score (nSPS) is 16.5. The second-order valence-corrected chi connectivity index (χ2v) is 5.20. The molecule has 0 atom stereocenters. The third-order valence-electron chi connectivity index (χ3n) is 4.06. The summed E-state index contributed by atoms with van der Waals surface area (Å²) in [7, 11) is 0. The average Bonchev–Trinajstić information content (AvgIpc) is 2.96. The summed E-state index contributed by atoms with van der Waals surface area (Å²) < 4.78 is 0. The molecule has 2 aliphatic carbocycles. The van der Waals surface area contributed by atoms with Crippen LogP contribution in [-0.4, -0.2) is 17.3 Å². The standard InChI is InChI=1S/C18H10O3/c19-15-9-14(10-5-1-2-6-11(10)15)16-17(20)12-7-3-4-8-13(12)18(16)21/h1-8H,9H2. The van der Waals surface area contributed by atoms with Crippen LogP contribution in [-0.2, 0) is 0 Å².